The summed E-state index contributed by atoms with van der Waals surface area (Å²) in [5.74, 6) is -2.14. The van der Waals surface area contributed by atoms with Crippen molar-refractivity contribution in [2.75, 3.05) is 23.5 Å². The van der Waals surface area contributed by atoms with E-state index in [-0.39, 0.29) is 12.4 Å². The van der Waals surface area contributed by atoms with Crippen molar-refractivity contribution in [2.24, 2.45) is 0 Å². The second-order valence-electron chi connectivity index (χ2n) is 4.05. The van der Waals surface area contributed by atoms with Gasteiger partial charge in [-0.25, -0.2) is 0 Å². The Labute approximate surface area is 139 Å². The number of carboxylic acid groups (broad SMARTS) is 2. The van der Waals surface area contributed by atoms with Gasteiger partial charge in [-0.2, -0.15) is 0 Å². The molecule has 0 spiro atoms. The van der Waals surface area contributed by atoms with Gasteiger partial charge >= 0.3 is 11.9 Å². The van der Waals surface area contributed by atoms with Crippen molar-refractivity contribution in [1.29, 1.82) is 0 Å². The van der Waals surface area contributed by atoms with Crippen LogP contribution >= 0.6 is 11.6 Å². The highest BCUT2D eigenvalue weighted by atomic mass is 35.5. The fourth-order valence-electron chi connectivity index (χ4n) is 1.19. The Morgan fingerprint density at radius 3 is 1.65 bits per heavy atom. The fourth-order valence-corrected chi connectivity index (χ4v) is 1.19. The molecule has 0 saturated heterocycles. The summed E-state index contributed by atoms with van der Waals surface area (Å²) in [5.41, 5.74) is 7.01. The quantitative estimate of drug-likeness (QED) is 0.503. The van der Waals surface area contributed by atoms with Crippen LogP contribution in [0.25, 0.3) is 0 Å². The molecule has 0 bridgehead atoms. The van der Waals surface area contributed by atoms with Crippen molar-refractivity contribution in [3.05, 3.63) is 60.7 Å². The van der Waals surface area contributed by atoms with Crippen molar-refractivity contribution in [3.8, 4) is 0 Å². The summed E-state index contributed by atoms with van der Waals surface area (Å²) in [6.45, 7) is -0.0377. The maximum Gasteiger partial charge on any atom is 0.322 e. The van der Waals surface area contributed by atoms with Crippen molar-refractivity contribution >= 4 is 34.9 Å². The Morgan fingerprint density at radius 1 is 0.913 bits per heavy atom. The molecule has 0 aromatic heterocycles. The number of anilines is 2. The monoisotopic (exact) mass is 338 g/mol. The van der Waals surface area contributed by atoms with Crippen molar-refractivity contribution < 1.29 is 19.8 Å². The lowest BCUT2D eigenvalue weighted by molar-refractivity contribution is -0.135. The average molecular weight is 339 g/mol. The molecule has 0 aliphatic rings. The molecule has 2 aromatic carbocycles. The van der Waals surface area contributed by atoms with Crippen LogP contribution in [0.5, 0.6) is 0 Å². The van der Waals surface area contributed by atoms with Crippen LogP contribution in [-0.4, -0.2) is 34.6 Å². The first-order chi connectivity index (χ1) is 11.0. The lowest BCUT2D eigenvalue weighted by atomic mass is 10.3. The zero-order chi connectivity index (χ0) is 17.5. The van der Waals surface area contributed by atoms with Gasteiger partial charge in [0.25, 0.3) is 0 Å². The number of rotatable bonds is 4. The third-order valence-corrected chi connectivity index (χ3v) is 2.36. The first-order valence-electron chi connectivity index (χ1n) is 6.54. The number of hydrogen-bond acceptors (Lipinski definition) is 4. The number of para-hydroxylation sites is 2. The number of alkyl halides is 1. The van der Waals surface area contributed by atoms with Crippen LogP contribution in [0, 0.1) is 0 Å². The third-order valence-electron chi connectivity index (χ3n) is 2.13. The van der Waals surface area contributed by atoms with E-state index in [2.05, 4.69) is 5.32 Å². The Balaban J connectivity index is 0.000000347. The van der Waals surface area contributed by atoms with Gasteiger partial charge in [-0.3, -0.25) is 9.59 Å². The van der Waals surface area contributed by atoms with Gasteiger partial charge in [0, 0.05) is 11.4 Å². The van der Waals surface area contributed by atoms with Crippen LogP contribution in [0.4, 0.5) is 11.4 Å². The zero-order valence-electron chi connectivity index (χ0n) is 12.4. The predicted octanol–water partition coefficient (Wildman–Crippen LogP) is 2.76. The summed E-state index contributed by atoms with van der Waals surface area (Å²) in [7, 11) is 0. The number of benzene rings is 2. The SMILES string of the molecule is Nc1ccccc1.O=C(O)CCl.O=C(O)CNc1ccccc1. The van der Waals surface area contributed by atoms with Crippen LogP contribution in [0.2, 0.25) is 0 Å². The highest BCUT2D eigenvalue weighted by Gasteiger charge is 1.94. The minimum absolute atomic E-state index is 0.0377. The molecule has 2 aromatic rings. The average Bonchev–Trinajstić information content (AvgIpc) is 2.56. The summed E-state index contributed by atoms with van der Waals surface area (Å²) < 4.78 is 0. The van der Waals surface area contributed by atoms with Gasteiger partial charge in [-0.05, 0) is 24.3 Å². The van der Waals surface area contributed by atoms with Gasteiger partial charge in [0.05, 0.1) is 0 Å². The van der Waals surface area contributed by atoms with Crippen LogP contribution in [-0.2, 0) is 9.59 Å². The van der Waals surface area contributed by atoms with E-state index in [1.165, 1.54) is 0 Å². The molecule has 124 valence electrons. The maximum absolute atomic E-state index is 10.1. The first-order valence-corrected chi connectivity index (χ1v) is 7.08. The van der Waals surface area contributed by atoms with E-state index in [0.29, 0.717) is 0 Å². The molecule has 0 aliphatic carbocycles. The minimum atomic E-state index is -0.980. The minimum Gasteiger partial charge on any atom is -0.480 e. The van der Waals surface area contributed by atoms with Crippen LogP contribution in [0.15, 0.2) is 60.7 Å². The molecule has 23 heavy (non-hydrogen) atoms. The number of carbonyl (C=O) groups is 2. The second kappa shape index (κ2) is 13.0. The topological polar surface area (TPSA) is 113 Å². The van der Waals surface area contributed by atoms with Crippen molar-refractivity contribution in [2.45, 2.75) is 0 Å². The highest BCUT2D eigenvalue weighted by molar-refractivity contribution is 6.26. The van der Waals surface area contributed by atoms with E-state index in [0.717, 1.165) is 11.4 Å². The molecule has 2 rings (SSSR count). The Kier molecular flexibility index (Phi) is 11.4. The normalized spacial score (nSPS) is 8.57. The van der Waals surface area contributed by atoms with Gasteiger partial charge < -0.3 is 21.3 Å². The predicted molar refractivity (Wildman–Crippen MR) is 91.8 cm³/mol. The molecule has 0 heterocycles. The van der Waals surface area contributed by atoms with E-state index in [1.807, 2.05) is 60.7 Å². The van der Waals surface area contributed by atoms with Gasteiger partial charge in [0.15, 0.2) is 0 Å². The third kappa shape index (κ3) is 14.0. The van der Waals surface area contributed by atoms with Crippen molar-refractivity contribution in [3.63, 3.8) is 0 Å². The maximum atomic E-state index is 10.1. The Bertz CT molecular complexity index is 565. The van der Waals surface area contributed by atoms with E-state index in [4.69, 9.17) is 27.5 Å². The summed E-state index contributed by atoms with van der Waals surface area (Å²) in [6.07, 6.45) is 0. The summed E-state index contributed by atoms with van der Waals surface area (Å²) in [4.78, 5) is 19.3. The second-order valence-corrected chi connectivity index (χ2v) is 4.32. The number of nitrogens with two attached hydrogens (primary N) is 1. The molecular weight excluding hydrogens is 320 g/mol. The number of carboxylic acids is 2. The molecule has 7 heteroatoms. The van der Waals surface area contributed by atoms with E-state index < -0.39 is 11.9 Å². The molecule has 0 unspecified atom stereocenters. The summed E-state index contributed by atoms with van der Waals surface area (Å²) in [5, 5.41) is 18.6. The van der Waals surface area contributed by atoms with Gasteiger partial charge in [-0.15, -0.1) is 11.6 Å². The number of nitrogens with one attached hydrogen (secondary N) is 1. The smallest absolute Gasteiger partial charge is 0.322 e. The standard InChI is InChI=1S/C8H9NO2.C6H7N.C2H3ClO2/c10-8(11)6-9-7-4-2-1-3-5-7;7-6-4-2-1-3-5-6;3-1-2(4)5/h1-5,9H,6H2,(H,10,11);1-5H,7H2;1H2,(H,4,5). The molecule has 6 nitrogen and oxygen atoms in total. The summed E-state index contributed by atoms with van der Waals surface area (Å²) >= 11 is 4.74. The fraction of sp³-hybridized carbons (Fsp3) is 0.125. The molecule has 0 atom stereocenters. The van der Waals surface area contributed by atoms with E-state index in [1.54, 1.807) is 0 Å². The molecule has 0 fully saturated rings. The highest BCUT2D eigenvalue weighted by Crippen LogP contribution is 2.03. The molecule has 0 radical (unpaired) electrons. The Morgan fingerprint density at radius 2 is 1.35 bits per heavy atom. The van der Waals surface area contributed by atoms with Crippen molar-refractivity contribution in [1.82, 2.24) is 0 Å². The summed E-state index contributed by atoms with van der Waals surface area (Å²) in [6, 6.07) is 18.7. The van der Waals surface area contributed by atoms with Gasteiger partial charge in [-0.1, -0.05) is 36.4 Å². The number of aliphatic carboxylic acids is 2. The van der Waals surface area contributed by atoms with Crippen LogP contribution in [0.3, 0.4) is 0 Å². The number of nitrogen functional groups attached to an aromatic ring is 1. The van der Waals surface area contributed by atoms with Crippen LogP contribution < -0.4 is 11.1 Å². The molecule has 0 aliphatic heterocycles. The van der Waals surface area contributed by atoms with Gasteiger partial charge in [0.1, 0.15) is 12.4 Å². The first kappa shape index (κ1) is 20.3. The Hall–Kier alpha value is -2.73. The van der Waals surface area contributed by atoms with E-state index in [9.17, 15) is 9.59 Å². The zero-order valence-corrected chi connectivity index (χ0v) is 13.1. The lowest BCUT2D eigenvalue weighted by Crippen LogP contribution is -2.11. The molecule has 0 amide bonds. The number of halogens is 1. The van der Waals surface area contributed by atoms with Crippen LogP contribution in [0.1, 0.15) is 0 Å². The number of hydrogen-bond donors (Lipinski definition) is 4. The molecule has 0 saturated carbocycles. The molecular formula is C16H19ClN2O4. The molecule has 5 N–H and O–H groups in total. The van der Waals surface area contributed by atoms with E-state index >= 15 is 0 Å². The largest absolute Gasteiger partial charge is 0.480 e. The van der Waals surface area contributed by atoms with Gasteiger partial charge in [0.2, 0.25) is 0 Å². The lowest BCUT2D eigenvalue weighted by Gasteiger charge is -2.00.